The molecule has 1 aromatic heterocycles. The van der Waals surface area contributed by atoms with Crippen molar-refractivity contribution in [2.75, 3.05) is 17.2 Å². The molecular weight excluding hydrogens is 340 g/mol. The van der Waals surface area contributed by atoms with Crippen LogP contribution in [0.2, 0.25) is 0 Å². The van der Waals surface area contributed by atoms with Crippen LogP contribution in [0.3, 0.4) is 0 Å². The Labute approximate surface area is 150 Å². The van der Waals surface area contributed by atoms with Gasteiger partial charge in [0.15, 0.2) is 0 Å². The number of ether oxygens (including phenoxy) is 1. The molecule has 0 saturated carbocycles. The first-order valence-electron chi connectivity index (χ1n) is 7.93. The van der Waals surface area contributed by atoms with Crippen LogP contribution in [0.5, 0.6) is 0 Å². The largest absolute Gasteiger partial charge is 0.462 e. The fourth-order valence-electron chi connectivity index (χ4n) is 2.15. The van der Waals surface area contributed by atoms with Crippen LogP contribution in [-0.2, 0) is 16.0 Å². The summed E-state index contributed by atoms with van der Waals surface area (Å²) in [6.45, 7) is 5.40. The fraction of sp³-hybridized carbons (Fsp3) is 0.278. The summed E-state index contributed by atoms with van der Waals surface area (Å²) >= 11 is 1.36. The molecule has 1 aromatic carbocycles. The molecule has 0 aliphatic rings. The van der Waals surface area contributed by atoms with Crippen LogP contribution in [0.25, 0.3) is 0 Å². The van der Waals surface area contributed by atoms with Gasteiger partial charge in [-0.15, -0.1) is 11.3 Å². The van der Waals surface area contributed by atoms with Crippen LogP contribution >= 0.6 is 11.3 Å². The highest BCUT2D eigenvalue weighted by atomic mass is 32.1. The molecule has 0 saturated heterocycles. The lowest BCUT2D eigenvalue weighted by molar-refractivity contribution is -0.114. The Bertz CT molecular complexity index is 781. The molecule has 7 heteroatoms. The molecule has 0 radical (unpaired) electrons. The average molecular weight is 360 g/mol. The van der Waals surface area contributed by atoms with Gasteiger partial charge in [-0.25, -0.2) is 4.79 Å². The van der Waals surface area contributed by atoms with E-state index < -0.39 is 5.97 Å². The van der Waals surface area contributed by atoms with Crippen molar-refractivity contribution in [2.24, 2.45) is 0 Å². The van der Waals surface area contributed by atoms with E-state index in [2.05, 4.69) is 10.6 Å². The van der Waals surface area contributed by atoms with Crippen LogP contribution < -0.4 is 10.6 Å². The van der Waals surface area contributed by atoms with Gasteiger partial charge in [0.25, 0.3) is 5.91 Å². The average Bonchev–Trinajstić information content (AvgIpc) is 2.98. The number of benzene rings is 1. The predicted octanol–water partition coefficient (Wildman–Crippen LogP) is 3.70. The van der Waals surface area contributed by atoms with Gasteiger partial charge < -0.3 is 15.4 Å². The van der Waals surface area contributed by atoms with E-state index in [4.69, 9.17) is 4.74 Å². The normalized spacial score (nSPS) is 10.2. The lowest BCUT2D eigenvalue weighted by Crippen LogP contribution is -2.14. The third-order valence-corrected chi connectivity index (χ3v) is 4.52. The number of rotatable bonds is 6. The van der Waals surface area contributed by atoms with Crippen LogP contribution in [0.1, 0.15) is 46.4 Å². The molecule has 0 fully saturated rings. The van der Waals surface area contributed by atoms with Gasteiger partial charge in [-0.1, -0.05) is 6.92 Å². The minimum absolute atomic E-state index is 0.179. The lowest BCUT2D eigenvalue weighted by Gasteiger charge is -2.07. The standard InChI is InChI=1S/C18H20N2O4S/c1-4-14-10-15(18(23)24-5-2)17(25-14)20-16(22)12-6-8-13(9-7-12)19-11(3)21/h6-10H,4-5H2,1-3H3,(H,19,21)(H,20,22). The van der Waals surface area contributed by atoms with E-state index >= 15 is 0 Å². The van der Waals surface area contributed by atoms with Gasteiger partial charge in [0.1, 0.15) is 5.00 Å². The first-order chi connectivity index (χ1) is 11.9. The molecule has 0 aliphatic carbocycles. The van der Waals surface area contributed by atoms with Gasteiger partial charge >= 0.3 is 5.97 Å². The van der Waals surface area contributed by atoms with Gasteiger partial charge in [0, 0.05) is 23.1 Å². The Morgan fingerprint density at radius 3 is 2.32 bits per heavy atom. The molecule has 0 aliphatic heterocycles. The second-order valence-electron chi connectivity index (χ2n) is 5.24. The second-order valence-corrected chi connectivity index (χ2v) is 6.38. The van der Waals surface area contributed by atoms with Crippen molar-refractivity contribution in [2.45, 2.75) is 27.2 Å². The van der Waals surface area contributed by atoms with Crippen molar-refractivity contribution in [3.8, 4) is 0 Å². The second kappa shape index (κ2) is 8.43. The molecule has 132 valence electrons. The summed E-state index contributed by atoms with van der Waals surface area (Å²) in [7, 11) is 0. The Hall–Kier alpha value is -2.67. The highest BCUT2D eigenvalue weighted by Crippen LogP contribution is 2.30. The van der Waals surface area contributed by atoms with Gasteiger partial charge in [-0.2, -0.15) is 0 Å². The van der Waals surface area contributed by atoms with E-state index in [0.29, 0.717) is 21.8 Å². The number of nitrogens with one attached hydrogen (secondary N) is 2. The van der Waals surface area contributed by atoms with Crippen molar-refractivity contribution >= 4 is 39.8 Å². The third kappa shape index (κ3) is 4.90. The van der Waals surface area contributed by atoms with E-state index in [1.54, 1.807) is 37.3 Å². The molecule has 0 spiro atoms. The minimum Gasteiger partial charge on any atom is -0.462 e. The lowest BCUT2D eigenvalue weighted by atomic mass is 10.2. The molecular formula is C18H20N2O4S. The third-order valence-electron chi connectivity index (χ3n) is 3.32. The van der Waals surface area contributed by atoms with Crippen LogP contribution in [0, 0.1) is 0 Å². The molecule has 2 amide bonds. The highest BCUT2D eigenvalue weighted by Gasteiger charge is 2.19. The molecule has 0 unspecified atom stereocenters. The summed E-state index contributed by atoms with van der Waals surface area (Å²) in [5.74, 6) is -0.957. The van der Waals surface area contributed by atoms with Crippen LogP contribution in [0.15, 0.2) is 30.3 Å². The zero-order valence-electron chi connectivity index (χ0n) is 14.3. The molecule has 2 rings (SSSR count). The molecule has 2 N–H and O–H groups in total. The Balaban J connectivity index is 2.18. The smallest absolute Gasteiger partial charge is 0.341 e. The summed E-state index contributed by atoms with van der Waals surface area (Å²) in [5.41, 5.74) is 1.41. The zero-order valence-corrected chi connectivity index (χ0v) is 15.2. The predicted molar refractivity (Wildman–Crippen MR) is 98.4 cm³/mol. The van der Waals surface area contributed by atoms with E-state index in [1.165, 1.54) is 18.3 Å². The summed E-state index contributed by atoms with van der Waals surface area (Å²) < 4.78 is 5.04. The topological polar surface area (TPSA) is 84.5 Å². The number of carbonyl (C=O) groups is 3. The number of hydrogen-bond acceptors (Lipinski definition) is 5. The monoisotopic (exact) mass is 360 g/mol. The van der Waals surface area contributed by atoms with Crippen molar-refractivity contribution in [3.05, 3.63) is 46.3 Å². The van der Waals surface area contributed by atoms with Gasteiger partial charge in [-0.05, 0) is 43.7 Å². The van der Waals surface area contributed by atoms with Crippen LogP contribution in [-0.4, -0.2) is 24.4 Å². The van der Waals surface area contributed by atoms with Crippen molar-refractivity contribution in [3.63, 3.8) is 0 Å². The highest BCUT2D eigenvalue weighted by molar-refractivity contribution is 7.16. The van der Waals surface area contributed by atoms with Crippen molar-refractivity contribution in [1.82, 2.24) is 0 Å². The number of hydrogen-bond donors (Lipinski definition) is 2. The first-order valence-corrected chi connectivity index (χ1v) is 8.75. The number of amides is 2. The van der Waals surface area contributed by atoms with E-state index in [0.717, 1.165) is 11.3 Å². The van der Waals surface area contributed by atoms with Crippen molar-refractivity contribution < 1.29 is 19.1 Å². The summed E-state index contributed by atoms with van der Waals surface area (Å²) in [4.78, 5) is 36.5. The maximum Gasteiger partial charge on any atom is 0.341 e. The first kappa shape index (κ1) is 18.7. The number of aryl methyl sites for hydroxylation is 1. The van der Waals surface area contributed by atoms with Crippen LogP contribution in [0.4, 0.5) is 10.7 Å². The SMILES string of the molecule is CCOC(=O)c1cc(CC)sc1NC(=O)c1ccc(NC(C)=O)cc1. The van der Waals surface area contributed by atoms with E-state index in [-0.39, 0.29) is 18.4 Å². The molecule has 2 aromatic rings. The maximum atomic E-state index is 12.4. The van der Waals surface area contributed by atoms with Gasteiger partial charge in [0.2, 0.25) is 5.91 Å². The Kier molecular flexibility index (Phi) is 6.30. The summed E-state index contributed by atoms with van der Waals surface area (Å²) in [6, 6.07) is 8.26. The Morgan fingerprint density at radius 2 is 1.76 bits per heavy atom. The van der Waals surface area contributed by atoms with E-state index in [9.17, 15) is 14.4 Å². The Morgan fingerprint density at radius 1 is 1.08 bits per heavy atom. The molecule has 25 heavy (non-hydrogen) atoms. The maximum absolute atomic E-state index is 12.4. The summed E-state index contributed by atoms with van der Waals surface area (Å²) in [5, 5.41) is 5.89. The fourth-order valence-corrected chi connectivity index (χ4v) is 3.13. The number of carbonyl (C=O) groups excluding carboxylic acids is 3. The quantitative estimate of drug-likeness (QED) is 0.769. The number of anilines is 2. The molecule has 6 nitrogen and oxygen atoms in total. The van der Waals surface area contributed by atoms with E-state index in [1.807, 2.05) is 6.92 Å². The molecule has 0 atom stereocenters. The summed E-state index contributed by atoms with van der Waals surface area (Å²) in [6.07, 6.45) is 0.762. The molecule has 1 heterocycles. The van der Waals surface area contributed by atoms with Gasteiger partial charge in [0.05, 0.1) is 12.2 Å². The van der Waals surface area contributed by atoms with Crippen molar-refractivity contribution in [1.29, 1.82) is 0 Å². The number of thiophene rings is 1. The number of esters is 1. The zero-order chi connectivity index (χ0) is 18.4. The van der Waals surface area contributed by atoms with Gasteiger partial charge in [-0.3, -0.25) is 9.59 Å². The molecule has 0 bridgehead atoms. The minimum atomic E-state index is -0.449.